The van der Waals surface area contributed by atoms with Crippen LogP contribution in [-0.2, 0) is 4.79 Å². The van der Waals surface area contributed by atoms with Crippen LogP contribution >= 0.6 is 0 Å². The molecule has 0 bridgehead atoms. The summed E-state index contributed by atoms with van der Waals surface area (Å²) in [6.45, 7) is 14.7. The molecule has 4 aliphatic carbocycles. The summed E-state index contributed by atoms with van der Waals surface area (Å²) in [6.07, 6.45) is 13.4. The lowest BCUT2D eigenvalue weighted by atomic mass is 9.46. The Kier molecular flexibility index (Phi) is 6.54. The van der Waals surface area contributed by atoms with Gasteiger partial charge in [-0.1, -0.05) is 54.4 Å². The van der Waals surface area contributed by atoms with Crippen molar-refractivity contribution in [1.82, 2.24) is 0 Å². The van der Waals surface area contributed by atoms with Crippen LogP contribution in [0.15, 0.2) is 11.6 Å². The minimum Gasteiger partial charge on any atom is -0.389 e. The maximum absolute atomic E-state index is 12.1. The first-order valence-corrected chi connectivity index (χ1v) is 13.5. The molecule has 176 valence electrons. The topological polar surface area (TPSA) is 37.3 Å². The average molecular weight is 429 g/mol. The van der Waals surface area contributed by atoms with Crippen LogP contribution in [-0.4, -0.2) is 17.0 Å². The first-order chi connectivity index (χ1) is 14.6. The fourth-order valence-electron chi connectivity index (χ4n) is 9.27. The van der Waals surface area contributed by atoms with E-state index in [9.17, 15) is 9.90 Å². The van der Waals surface area contributed by atoms with Crippen LogP contribution in [0, 0.1) is 52.3 Å². The van der Waals surface area contributed by atoms with Crippen LogP contribution < -0.4 is 0 Å². The van der Waals surface area contributed by atoms with Crippen molar-refractivity contribution in [1.29, 1.82) is 0 Å². The molecule has 0 aromatic rings. The molecule has 31 heavy (non-hydrogen) atoms. The highest BCUT2D eigenvalue weighted by Crippen LogP contribution is 2.67. The molecule has 0 aliphatic heterocycles. The molecule has 3 saturated carbocycles. The molecule has 9 atom stereocenters. The van der Waals surface area contributed by atoms with Crippen LogP contribution in [0.4, 0.5) is 0 Å². The number of hydrogen-bond donors (Lipinski definition) is 1. The highest BCUT2D eigenvalue weighted by Gasteiger charge is 2.60. The Balaban J connectivity index is 1.51. The molecule has 0 spiro atoms. The Morgan fingerprint density at radius 2 is 1.81 bits per heavy atom. The average Bonchev–Trinajstić information content (AvgIpc) is 3.07. The van der Waals surface area contributed by atoms with Gasteiger partial charge in [-0.2, -0.15) is 0 Å². The summed E-state index contributed by atoms with van der Waals surface area (Å²) in [6, 6.07) is 0. The number of ketones is 1. The second-order valence-electron chi connectivity index (χ2n) is 12.8. The molecular weight excluding hydrogens is 380 g/mol. The van der Waals surface area contributed by atoms with Gasteiger partial charge in [0.25, 0.3) is 0 Å². The molecule has 0 aromatic carbocycles. The minimum atomic E-state index is -0.398. The van der Waals surface area contributed by atoms with Gasteiger partial charge in [0, 0.05) is 6.42 Å². The molecule has 3 fully saturated rings. The standard InChI is InChI=1S/C29H48O2/c1-7-20(18(2)3)9-8-19(4)23-10-11-24-22-17-27(31)26-16-21(30)12-14-29(26,6)25(22)13-15-28(23,24)5/h16,18-20,22-25,27,31H,7-15,17H2,1-6H3/t19?,20?,22-,23+,24-,25-,27?,28+,29+/m0/s1. The zero-order valence-corrected chi connectivity index (χ0v) is 21.1. The van der Waals surface area contributed by atoms with Crippen molar-refractivity contribution < 1.29 is 9.90 Å². The number of aliphatic hydroxyl groups excluding tert-OH is 1. The number of carbonyl (C=O) groups excluding carboxylic acids is 1. The number of carbonyl (C=O) groups is 1. The Bertz CT molecular complexity index is 708. The van der Waals surface area contributed by atoms with E-state index in [0.717, 1.165) is 48.0 Å². The van der Waals surface area contributed by atoms with Crippen molar-refractivity contribution in [3.05, 3.63) is 11.6 Å². The maximum atomic E-state index is 12.1. The summed E-state index contributed by atoms with van der Waals surface area (Å²) in [5.74, 6) is 5.62. The largest absolute Gasteiger partial charge is 0.389 e. The summed E-state index contributed by atoms with van der Waals surface area (Å²) in [5.41, 5.74) is 1.57. The molecule has 0 aromatic heterocycles. The quantitative estimate of drug-likeness (QED) is 0.485. The Morgan fingerprint density at radius 1 is 1.06 bits per heavy atom. The molecule has 1 N–H and O–H groups in total. The first kappa shape index (κ1) is 23.5. The third-order valence-electron chi connectivity index (χ3n) is 11.2. The van der Waals surface area contributed by atoms with E-state index in [0.29, 0.717) is 23.7 Å². The highest BCUT2D eigenvalue weighted by molar-refractivity contribution is 5.91. The van der Waals surface area contributed by atoms with Gasteiger partial charge in [-0.3, -0.25) is 4.79 Å². The van der Waals surface area contributed by atoms with E-state index in [2.05, 4.69) is 41.5 Å². The van der Waals surface area contributed by atoms with E-state index in [1.54, 1.807) is 0 Å². The summed E-state index contributed by atoms with van der Waals surface area (Å²) >= 11 is 0. The van der Waals surface area contributed by atoms with Crippen molar-refractivity contribution in [3.63, 3.8) is 0 Å². The van der Waals surface area contributed by atoms with E-state index < -0.39 is 6.10 Å². The van der Waals surface area contributed by atoms with E-state index >= 15 is 0 Å². The van der Waals surface area contributed by atoms with Gasteiger partial charge in [0.1, 0.15) is 0 Å². The Hall–Kier alpha value is -0.630. The van der Waals surface area contributed by atoms with Crippen LogP contribution in [0.5, 0.6) is 0 Å². The van der Waals surface area contributed by atoms with Crippen molar-refractivity contribution in [2.75, 3.05) is 0 Å². The molecule has 0 heterocycles. The monoisotopic (exact) mass is 428 g/mol. The third-order valence-corrected chi connectivity index (χ3v) is 11.2. The van der Waals surface area contributed by atoms with Gasteiger partial charge in [-0.15, -0.1) is 0 Å². The molecule has 2 nitrogen and oxygen atoms in total. The Labute approximate surface area is 191 Å². The fourth-order valence-corrected chi connectivity index (χ4v) is 9.27. The second kappa shape index (κ2) is 8.62. The predicted octanol–water partition coefficient (Wildman–Crippen LogP) is 7.20. The molecular formula is C29H48O2. The summed E-state index contributed by atoms with van der Waals surface area (Å²) in [7, 11) is 0. The molecule has 0 saturated heterocycles. The first-order valence-electron chi connectivity index (χ1n) is 13.5. The number of rotatable bonds is 6. The van der Waals surface area contributed by atoms with Crippen molar-refractivity contribution >= 4 is 5.78 Å². The van der Waals surface area contributed by atoms with Gasteiger partial charge in [0.15, 0.2) is 5.78 Å². The van der Waals surface area contributed by atoms with E-state index in [1.165, 1.54) is 44.9 Å². The summed E-state index contributed by atoms with van der Waals surface area (Å²) in [4.78, 5) is 12.1. The smallest absolute Gasteiger partial charge is 0.155 e. The normalized spacial score (nSPS) is 44.3. The van der Waals surface area contributed by atoms with E-state index in [1.807, 2.05) is 6.08 Å². The lowest BCUT2D eigenvalue weighted by Gasteiger charge is -2.59. The number of aliphatic hydroxyl groups is 1. The number of hydrogen-bond acceptors (Lipinski definition) is 2. The zero-order valence-electron chi connectivity index (χ0n) is 21.1. The highest BCUT2D eigenvalue weighted by atomic mass is 16.3. The molecule has 2 heteroatoms. The van der Waals surface area contributed by atoms with Gasteiger partial charge >= 0.3 is 0 Å². The summed E-state index contributed by atoms with van der Waals surface area (Å²) in [5, 5.41) is 11.1. The number of fused-ring (bicyclic) bond motifs is 5. The van der Waals surface area contributed by atoms with Crippen molar-refractivity contribution in [2.45, 2.75) is 112 Å². The van der Waals surface area contributed by atoms with Gasteiger partial charge < -0.3 is 5.11 Å². The van der Waals surface area contributed by atoms with Crippen molar-refractivity contribution in [3.8, 4) is 0 Å². The molecule has 4 rings (SSSR count). The van der Waals surface area contributed by atoms with Gasteiger partial charge in [-0.05, 0) is 109 Å². The zero-order chi connectivity index (χ0) is 22.6. The van der Waals surface area contributed by atoms with Gasteiger partial charge in [0.2, 0.25) is 0 Å². The SMILES string of the molecule is CCC(CCC(C)[C@H]1CC[C@H]2[C@@H]3CC(O)C4=CC(=O)CC[C@]4(C)[C@H]3CC[C@]12C)C(C)C. The van der Waals surface area contributed by atoms with Crippen molar-refractivity contribution in [2.24, 2.45) is 52.3 Å². The van der Waals surface area contributed by atoms with Crippen LogP contribution in [0.2, 0.25) is 0 Å². The summed E-state index contributed by atoms with van der Waals surface area (Å²) < 4.78 is 0. The Morgan fingerprint density at radius 3 is 2.48 bits per heavy atom. The lowest BCUT2D eigenvalue weighted by molar-refractivity contribution is -0.119. The van der Waals surface area contributed by atoms with E-state index in [4.69, 9.17) is 0 Å². The predicted molar refractivity (Wildman–Crippen MR) is 129 cm³/mol. The lowest BCUT2D eigenvalue weighted by Crippen LogP contribution is -2.54. The maximum Gasteiger partial charge on any atom is 0.155 e. The third kappa shape index (κ3) is 3.87. The van der Waals surface area contributed by atoms with E-state index in [-0.39, 0.29) is 11.2 Å². The molecule has 0 amide bonds. The van der Waals surface area contributed by atoms with Crippen LogP contribution in [0.25, 0.3) is 0 Å². The molecule has 0 radical (unpaired) electrons. The van der Waals surface area contributed by atoms with Gasteiger partial charge in [0.05, 0.1) is 6.10 Å². The van der Waals surface area contributed by atoms with Crippen LogP contribution in [0.3, 0.4) is 0 Å². The van der Waals surface area contributed by atoms with Crippen LogP contribution in [0.1, 0.15) is 106 Å². The molecule has 4 aliphatic rings. The molecule has 3 unspecified atom stereocenters. The van der Waals surface area contributed by atoms with Gasteiger partial charge in [-0.25, -0.2) is 0 Å². The fraction of sp³-hybridized carbons (Fsp3) is 0.897. The minimum absolute atomic E-state index is 0.0485. The second-order valence-corrected chi connectivity index (χ2v) is 12.8.